The zero-order valence-electron chi connectivity index (χ0n) is 10.3. The Kier molecular flexibility index (Phi) is 4.22. The van der Waals surface area contributed by atoms with Crippen LogP contribution >= 0.6 is 0 Å². The highest BCUT2D eigenvalue weighted by molar-refractivity contribution is 6.01. The molecule has 1 aromatic carbocycles. The fourth-order valence-corrected chi connectivity index (χ4v) is 1.36. The van der Waals surface area contributed by atoms with E-state index in [9.17, 15) is 4.79 Å². The highest BCUT2D eigenvalue weighted by Gasteiger charge is 2.11. The third-order valence-corrected chi connectivity index (χ3v) is 2.33. The standard InChI is InChI=1S/C13H14N4O/c1-17(2)13(18)11(8-15)6-9-3-4-12(16)10(5-9)7-14/h3-7,14H,16H2,1-2H3/b11-6+,14-7?. The Morgan fingerprint density at radius 3 is 2.67 bits per heavy atom. The molecule has 3 N–H and O–H groups in total. The largest absolute Gasteiger partial charge is 0.398 e. The number of nitriles is 1. The van der Waals surface area contributed by atoms with Crippen molar-refractivity contribution >= 4 is 23.9 Å². The predicted octanol–water partition coefficient (Wildman–Crippen LogP) is 1.26. The number of likely N-dealkylation sites (N-methyl/N-ethyl adjacent to an activating group) is 1. The van der Waals surface area contributed by atoms with Crippen molar-refractivity contribution in [3.63, 3.8) is 0 Å². The number of carbonyl (C=O) groups excluding carboxylic acids is 1. The zero-order chi connectivity index (χ0) is 13.7. The van der Waals surface area contributed by atoms with Crippen molar-refractivity contribution in [3.8, 4) is 6.07 Å². The molecule has 5 heteroatoms. The molecular formula is C13H14N4O. The molecule has 0 spiro atoms. The van der Waals surface area contributed by atoms with E-state index in [0.717, 1.165) is 6.21 Å². The lowest BCUT2D eigenvalue weighted by atomic mass is 10.1. The van der Waals surface area contributed by atoms with E-state index in [2.05, 4.69) is 0 Å². The molecule has 0 aromatic heterocycles. The highest BCUT2D eigenvalue weighted by atomic mass is 16.2. The van der Waals surface area contributed by atoms with Crippen LogP contribution in [-0.2, 0) is 4.79 Å². The zero-order valence-corrected chi connectivity index (χ0v) is 10.3. The van der Waals surface area contributed by atoms with Gasteiger partial charge in [0.15, 0.2) is 0 Å². The van der Waals surface area contributed by atoms with E-state index in [1.54, 1.807) is 32.3 Å². The van der Waals surface area contributed by atoms with Crippen LogP contribution in [0.4, 0.5) is 5.69 Å². The van der Waals surface area contributed by atoms with Gasteiger partial charge in [-0.25, -0.2) is 0 Å². The lowest BCUT2D eigenvalue weighted by Crippen LogP contribution is -2.22. The maximum atomic E-state index is 11.7. The molecule has 92 valence electrons. The summed E-state index contributed by atoms with van der Waals surface area (Å²) in [6, 6.07) is 6.86. The van der Waals surface area contributed by atoms with Crippen LogP contribution in [0, 0.1) is 16.7 Å². The van der Waals surface area contributed by atoms with Gasteiger partial charge in [0.25, 0.3) is 5.91 Å². The monoisotopic (exact) mass is 242 g/mol. The van der Waals surface area contributed by atoms with Gasteiger partial charge >= 0.3 is 0 Å². The third kappa shape index (κ3) is 2.95. The van der Waals surface area contributed by atoms with Gasteiger partial charge in [0, 0.05) is 31.6 Å². The average Bonchev–Trinajstić information content (AvgIpc) is 2.36. The Labute approximate surface area is 106 Å². The summed E-state index contributed by atoms with van der Waals surface area (Å²) in [7, 11) is 3.17. The van der Waals surface area contributed by atoms with Gasteiger partial charge in [0.1, 0.15) is 11.6 Å². The SMILES string of the molecule is CN(C)C(=O)/C(C#N)=C/c1ccc(N)c(C=N)c1. The summed E-state index contributed by atoms with van der Waals surface area (Å²) in [6.45, 7) is 0. The van der Waals surface area contributed by atoms with E-state index in [-0.39, 0.29) is 11.5 Å². The fourth-order valence-electron chi connectivity index (χ4n) is 1.36. The first-order chi connectivity index (χ1) is 8.49. The number of rotatable bonds is 3. The molecule has 1 aromatic rings. The van der Waals surface area contributed by atoms with E-state index in [1.165, 1.54) is 11.0 Å². The number of amides is 1. The normalized spacial score (nSPS) is 10.6. The molecule has 0 aliphatic rings. The summed E-state index contributed by atoms with van der Waals surface area (Å²) >= 11 is 0. The lowest BCUT2D eigenvalue weighted by molar-refractivity contribution is -0.124. The first-order valence-electron chi connectivity index (χ1n) is 5.23. The van der Waals surface area contributed by atoms with Gasteiger partial charge in [0.05, 0.1) is 0 Å². The van der Waals surface area contributed by atoms with Gasteiger partial charge in [0.2, 0.25) is 0 Å². The van der Waals surface area contributed by atoms with Crippen LogP contribution in [0.3, 0.4) is 0 Å². The minimum Gasteiger partial charge on any atom is -0.398 e. The smallest absolute Gasteiger partial charge is 0.264 e. The van der Waals surface area contributed by atoms with Gasteiger partial charge in [-0.05, 0) is 23.8 Å². The van der Waals surface area contributed by atoms with Crippen molar-refractivity contribution in [1.29, 1.82) is 10.7 Å². The molecular weight excluding hydrogens is 228 g/mol. The molecule has 18 heavy (non-hydrogen) atoms. The summed E-state index contributed by atoms with van der Waals surface area (Å²) in [5.74, 6) is -0.356. The first-order valence-corrected chi connectivity index (χ1v) is 5.23. The number of hydrogen-bond acceptors (Lipinski definition) is 4. The number of nitrogens with one attached hydrogen (secondary N) is 1. The van der Waals surface area contributed by atoms with Crippen molar-refractivity contribution in [3.05, 3.63) is 34.9 Å². The van der Waals surface area contributed by atoms with Crippen molar-refractivity contribution in [2.75, 3.05) is 19.8 Å². The van der Waals surface area contributed by atoms with Gasteiger partial charge in [-0.2, -0.15) is 5.26 Å². The number of benzene rings is 1. The lowest BCUT2D eigenvalue weighted by Gasteiger charge is -2.08. The molecule has 0 saturated heterocycles. The van der Waals surface area contributed by atoms with Crippen molar-refractivity contribution in [2.45, 2.75) is 0 Å². The molecule has 0 aliphatic carbocycles. The number of nitrogens with two attached hydrogens (primary N) is 1. The molecule has 0 heterocycles. The van der Waals surface area contributed by atoms with Gasteiger partial charge < -0.3 is 16.0 Å². The Morgan fingerprint density at radius 2 is 2.17 bits per heavy atom. The van der Waals surface area contributed by atoms with E-state index >= 15 is 0 Å². The van der Waals surface area contributed by atoms with E-state index in [1.807, 2.05) is 6.07 Å². The van der Waals surface area contributed by atoms with E-state index < -0.39 is 0 Å². The molecule has 0 radical (unpaired) electrons. The second kappa shape index (κ2) is 5.64. The van der Waals surface area contributed by atoms with Crippen LogP contribution in [-0.4, -0.2) is 31.1 Å². The molecule has 0 bridgehead atoms. The molecule has 0 aliphatic heterocycles. The van der Waals surface area contributed by atoms with Crippen molar-refractivity contribution < 1.29 is 4.79 Å². The topological polar surface area (TPSA) is 94.0 Å². The summed E-state index contributed by atoms with van der Waals surface area (Å²) < 4.78 is 0. The predicted molar refractivity (Wildman–Crippen MR) is 71.0 cm³/mol. The molecule has 0 fully saturated rings. The van der Waals surface area contributed by atoms with Crippen molar-refractivity contribution in [1.82, 2.24) is 4.90 Å². The minimum atomic E-state index is -0.356. The minimum absolute atomic E-state index is 0.0423. The maximum Gasteiger partial charge on any atom is 0.264 e. The molecule has 1 rings (SSSR count). The van der Waals surface area contributed by atoms with Gasteiger partial charge in [-0.15, -0.1) is 0 Å². The fraction of sp³-hybridized carbons (Fsp3) is 0.154. The summed E-state index contributed by atoms with van der Waals surface area (Å²) in [4.78, 5) is 13.0. The number of hydrogen-bond donors (Lipinski definition) is 2. The van der Waals surface area contributed by atoms with Gasteiger partial charge in [-0.3, -0.25) is 4.79 Å². The van der Waals surface area contributed by atoms with Gasteiger partial charge in [-0.1, -0.05) is 6.07 Å². The molecule has 1 amide bonds. The second-order valence-corrected chi connectivity index (χ2v) is 3.90. The molecule has 5 nitrogen and oxygen atoms in total. The Morgan fingerprint density at radius 1 is 1.50 bits per heavy atom. The second-order valence-electron chi connectivity index (χ2n) is 3.90. The Hall–Kier alpha value is -2.61. The molecule has 0 atom stereocenters. The van der Waals surface area contributed by atoms with Crippen LogP contribution in [0.25, 0.3) is 6.08 Å². The first kappa shape index (κ1) is 13.5. The van der Waals surface area contributed by atoms with Crippen molar-refractivity contribution in [2.24, 2.45) is 0 Å². The Bertz CT molecular complexity index is 553. The third-order valence-electron chi connectivity index (χ3n) is 2.33. The molecule has 0 saturated carbocycles. The summed E-state index contributed by atoms with van der Waals surface area (Å²) in [5.41, 5.74) is 7.40. The van der Waals surface area contributed by atoms with Crippen LogP contribution < -0.4 is 5.73 Å². The number of anilines is 1. The maximum absolute atomic E-state index is 11.7. The number of nitrogen functional groups attached to an aromatic ring is 1. The summed E-state index contributed by atoms with van der Waals surface area (Å²) in [6.07, 6.45) is 2.61. The van der Waals surface area contributed by atoms with Crippen LogP contribution in [0.15, 0.2) is 23.8 Å². The Balaban J connectivity index is 3.19. The summed E-state index contributed by atoms with van der Waals surface area (Å²) in [5, 5.41) is 16.1. The number of carbonyl (C=O) groups is 1. The average molecular weight is 242 g/mol. The van der Waals surface area contributed by atoms with Crippen LogP contribution in [0.1, 0.15) is 11.1 Å². The number of nitrogens with zero attached hydrogens (tertiary/aromatic N) is 2. The van der Waals surface area contributed by atoms with Crippen LogP contribution in [0.2, 0.25) is 0 Å². The van der Waals surface area contributed by atoms with E-state index in [4.69, 9.17) is 16.4 Å². The van der Waals surface area contributed by atoms with E-state index in [0.29, 0.717) is 16.8 Å². The highest BCUT2D eigenvalue weighted by Crippen LogP contribution is 2.15. The van der Waals surface area contributed by atoms with Crippen LogP contribution in [0.5, 0.6) is 0 Å². The quantitative estimate of drug-likeness (QED) is 0.361. The molecule has 0 unspecified atom stereocenters.